The van der Waals surface area contributed by atoms with Crippen molar-refractivity contribution in [1.82, 2.24) is 14.5 Å². The monoisotopic (exact) mass is 413 g/mol. The lowest BCUT2D eigenvalue weighted by Gasteiger charge is -2.27. The number of hydrogen-bond donors (Lipinski definition) is 2. The zero-order valence-corrected chi connectivity index (χ0v) is 16.0. The predicted octanol–water partition coefficient (Wildman–Crippen LogP) is 1.94. The number of pyridine rings is 2. The van der Waals surface area contributed by atoms with Gasteiger partial charge in [0.2, 0.25) is 0 Å². The third-order valence-corrected chi connectivity index (χ3v) is 5.21. The molecule has 1 saturated heterocycles. The molecule has 2 aromatic heterocycles. The number of aromatic hydroxyl groups is 1. The number of carboxylic acid groups (broad SMARTS) is 1. The van der Waals surface area contributed by atoms with Crippen molar-refractivity contribution in [3.8, 4) is 16.9 Å². The zero-order valence-electron chi connectivity index (χ0n) is 16.0. The molecule has 0 atom stereocenters. The fourth-order valence-electron chi connectivity index (χ4n) is 3.58. The largest absolute Gasteiger partial charge is 0.506 e. The van der Waals surface area contributed by atoms with Crippen LogP contribution >= 0.6 is 0 Å². The van der Waals surface area contributed by atoms with Gasteiger partial charge in [-0.3, -0.25) is 14.3 Å². The second kappa shape index (κ2) is 8.21. The Bertz CT molecular complexity index is 1150. The molecular weight excluding hydrogens is 393 g/mol. The molecule has 30 heavy (non-hydrogen) atoms. The van der Waals surface area contributed by atoms with Gasteiger partial charge in [0, 0.05) is 37.9 Å². The van der Waals surface area contributed by atoms with Gasteiger partial charge in [-0.25, -0.2) is 14.2 Å². The standard InChI is InChI=1S/C21H20FN3O5/c22-15-3-1-13(2-4-15)14-11-16-18(26)17(21(28)29)20(27)25(19(16)23-12-14)6-5-24-7-9-30-10-8-24/h1-4,11-12,26H,5-10H2,(H,28,29). The summed E-state index contributed by atoms with van der Waals surface area (Å²) in [7, 11) is 0. The fraction of sp³-hybridized carbons (Fsp3) is 0.286. The van der Waals surface area contributed by atoms with Crippen LogP contribution in [0.15, 0.2) is 41.3 Å². The number of rotatable bonds is 5. The highest BCUT2D eigenvalue weighted by Gasteiger charge is 2.23. The maximum Gasteiger partial charge on any atom is 0.345 e. The summed E-state index contributed by atoms with van der Waals surface area (Å²) in [5, 5.41) is 20.2. The van der Waals surface area contributed by atoms with Gasteiger partial charge in [0.15, 0.2) is 5.56 Å². The Hall–Kier alpha value is -3.30. The minimum Gasteiger partial charge on any atom is -0.506 e. The molecule has 9 heteroatoms. The van der Waals surface area contributed by atoms with Crippen molar-refractivity contribution in [2.24, 2.45) is 0 Å². The number of morpholine rings is 1. The van der Waals surface area contributed by atoms with Gasteiger partial charge in [-0.1, -0.05) is 12.1 Å². The van der Waals surface area contributed by atoms with Gasteiger partial charge < -0.3 is 14.9 Å². The minimum absolute atomic E-state index is 0.149. The van der Waals surface area contributed by atoms with E-state index in [1.165, 1.54) is 22.9 Å². The van der Waals surface area contributed by atoms with Crippen molar-refractivity contribution in [2.75, 3.05) is 32.8 Å². The third-order valence-electron chi connectivity index (χ3n) is 5.21. The van der Waals surface area contributed by atoms with Gasteiger partial charge in [-0.15, -0.1) is 0 Å². The average molecular weight is 413 g/mol. The molecule has 3 heterocycles. The molecule has 1 aliphatic heterocycles. The van der Waals surface area contributed by atoms with Crippen LogP contribution in [-0.2, 0) is 11.3 Å². The number of ether oxygens (including phenoxy) is 1. The third kappa shape index (κ3) is 3.77. The Morgan fingerprint density at radius 3 is 2.50 bits per heavy atom. The summed E-state index contributed by atoms with van der Waals surface area (Å²) >= 11 is 0. The lowest BCUT2D eigenvalue weighted by Crippen LogP contribution is -2.40. The summed E-state index contributed by atoms with van der Waals surface area (Å²) in [6, 6.07) is 7.27. The van der Waals surface area contributed by atoms with E-state index < -0.39 is 22.8 Å². The molecule has 0 bridgehead atoms. The van der Waals surface area contributed by atoms with Crippen LogP contribution in [0.4, 0.5) is 4.39 Å². The SMILES string of the molecule is O=C(O)c1c(O)c2cc(-c3ccc(F)cc3)cnc2n(CCN2CCOCC2)c1=O. The van der Waals surface area contributed by atoms with Gasteiger partial charge in [-0.05, 0) is 23.8 Å². The quantitative estimate of drug-likeness (QED) is 0.659. The number of halogens is 1. The van der Waals surface area contributed by atoms with Crippen molar-refractivity contribution in [3.63, 3.8) is 0 Å². The van der Waals surface area contributed by atoms with E-state index in [-0.39, 0.29) is 23.4 Å². The van der Waals surface area contributed by atoms with Crippen LogP contribution < -0.4 is 5.56 Å². The number of benzene rings is 1. The summed E-state index contributed by atoms with van der Waals surface area (Å²) < 4.78 is 19.8. The first-order chi connectivity index (χ1) is 14.5. The van der Waals surface area contributed by atoms with E-state index in [0.29, 0.717) is 30.9 Å². The van der Waals surface area contributed by atoms with Crippen LogP contribution in [0.25, 0.3) is 22.2 Å². The van der Waals surface area contributed by atoms with Gasteiger partial charge in [0.05, 0.1) is 18.6 Å². The smallest absolute Gasteiger partial charge is 0.345 e. The van der Waals surface area contributed by atoms with E-state index in [1.54, 1.807) is 18.2 Å². The highest BCUT2D eigenvalue weighted by molar-refractivity contribution is 5.98. The van der Waals surface area contributed by atoms with E-state index in [1.807, 2.05) is 0 Å². The number of carbonyl (C=O) groups is 1. The van der Waals surface area contributed by atoms with Gasteiger partial charge >= 0.3 is 5.97 Å². The average Bonchev–Trinajstić information content (AvgIpc) is 2.74. The van der Waals surface area contributed by atoms with Crippen LogP contribution in [0.1, 0.15) is 10.4 Å². The Balaban J connectivity index is 1.82. The first-order valence-electron chi connectivity index (χ1n) is 9.50. The second-order valence-electron chi connectivity index (χ2n) is 7.04. The van der Waals surface area contributed by atoms with Gasteiger partial charge in [-0.2, -0.15) is 0 Å². The van der Waals surface area contributed by atoms with Gasteiger partial charge in [0.1, 0.15) is 17.2 Å². The lowest BCUT2D eigenvalue weighted by atomic mass is 10.0. The van der Waals surface area contributed by atoms with E-state index in [4.69, 9.17) is 4.74 Å². The summed E-state index contributed by atoms with van der Waals surface area (Å²) in [5.74, 6) is -2.52. The van der Waals surface area contributed by atoms with Crippen LogP contribution in [0.2, 0.25) is 0 Å². The summed E-state index contributed by atoms with van der Waals surface area (Å²) in [5.41, 5.74) is -0.0902. The van der Waals surface area contributed by atoms with Crippen molar-refractivity contribution >= 4 is 17.0 Å². The molecule has 0 spiro atoms. The maximum atomic E-state index is 13.2. The number of fused-ring (bicyclic) bond motifs is 1. The Kier molecular flexibility index (Phi) is 5.47. The Morgan fingerprint density at radius 2 is 1.83 bits per heavy atom. The van der Waals surface area contributed by atoms with Crippen LogP contribution in [0, 0.1) is 5.82 Å². The molecule has 1 fully saturated rings. The molecule has 0 radical (unpaired) electrons. The van der Waals surface area contributed by atoms with Crippen LogP contribution in [-0.4, -0.2) is 63.5 Å². The molecule has 8 nitrogen and oxygen atoms in total. The summed E-state index contributed by atoms with van der Waals surface area (Å²) in [6.45, 7) is 3.38. The summed E-state index contributed by atoms with van der Waals surface area (Å²) in [4.78, 5) is 30.9. The molecule has 4 rings (SSSR count). The number of aromatic carboxylic acids is 1. The molecule has 156 valence electrons. The van der Waals surface area contributed by atoms with E-state index >= 15 is 0 Å². The normalized spacial score (nSPS) is 14.8. The maximum absolute atomic E-state index is 13.2. The molecule has 0 saturated carbocycles. The highest BCUT2D eigenvalue weighted by Crippen LogP contribution is 2.29. The number of hydrogen-bond acceptors (Lipinski definition) is 6. The molecular formula is C21H20FN3O5. The topological polar surface area (TPSA) is 105 Å². The summed E-state index contributed by atoms with van der Waals surface area (Å²) in [6.07, 6.45) is 1.51. The lowest BCUT2D eigenvalue weighted by molar-refractivity contribution is 0.0364. The van der Waals surface area contributed by atoms with Gasteiger partial charge in [0.25, 0.3) is 5.56 Å². The van der Waals surface area contributed by atoms with Crippen molar-refractivity contribution in [2.45, 2.75) is 6.54 Å². The van der Waals surface area contributed by atoms with Crippen molar-refractivity contribution in [3.05, 3.63) is 58.3 Å². The van der Waals surface area contributed by atoms with Crippen LogP contribution in [0.3, 0.4) is 0 Å². The van der Waals surface area contributed by atoms with Crippen molar-refractivity contribution < 1.29 is 24.1 Å². The van der Waals surface area contributed by atoms with Crippen LogP contribution in [0.5, 0.6) is 5.75 Å². The Labute approximate surface area is 170 Å². The molecule has 1 aliphatic rings. The Morgan fingerprint density at radius 1 is 1.13 bits per heavy atom. The zero-order chi connectivity index (χ0) is 21.3. The van der Waals surface area contributed by atoms with E-state index in [0.717, 1.165) is 13.1 Å². The first-order valence-corrected chi connectivity index (χ1v) is 9.50. The van der Waals surface area contributed by atoms with Crippen molar-refractivity contribution in [1.29, 1.82) is 0 Å². The molecule has 0 aliphatic carbocycles. The molecule has 3 aromatic rings. The minimum atomic E-state index is -1.51. The predicted molar refractivity (Wildman–Crippen MR) is 107 cm³/mol. The van der Waals surface area contributed by atoms with E-state index in [2.05, 4.69) is 9.88 Å². The fourth-order valence-corrected chi connectivity index (χ4v) is 3.58. The number of nitrogens with zero attached hydrogens (tertiary/aromatic N) is 3. The molecule has 1 aromatic carbocycles. The molecule has 0 unspecified atom stereocenters. The first kappa shape index (κ1) is 20.0. The molecule has 2 N–H and O–H groups in total. The van der Waals surface area contributed by atoms with E-state index in [9.17, 15) is 24.2 Å². The molecule has 0 amide bonds. The number of carboxylic acids is 1. The number of aromatic nitrogens is 2. The second-order valence-corrected chi connectivity index (χ2v) is 7.04. The highest BCUT2D eigenvalue weighted by atomic mass is 19.1.